The van der Waals surface area contributed by atoms with E-state index in [0.29, 0.717) is 24.3 Å². The minimum absolute atomic E-state index is 0.192. The highest BCUT2D eigenvalue weighted by atomic mass is 19.4. The largest absolute Gasteiger partial charge is 0.416 e. The topological polar surface area (TPSA) is 83.0 Å². The molecule has 0 saturated carbocycles. The third-order valence-electron chi connectivity index (χ3n) is 4.61. The van der Waals surface area contributed by atoms with Gasteiger partial charge in [-0.1, -0.05) is 6.07 Å². The number of fused-ring (bicyclic) bond motifs is 1. The van der Waals surface area contributed by atoms with E-state index in [1.54, 1.807) is 23.1 Å². The highest BCUT2D eigenvalue weighted by Gasteiger charge is 2.33. The molecule has 2 amide bonds. The minimum atomic E-state index is -4.42. The number of aromatic nitrogens is 3. The van der Waals surface area contributed by atoms with Crippen molar-refractivity contribution in [3.05, 3.63) is 53.9 Å². The first-order chi connectivity index (χ1) is 13.8. The number of pyridine rings is 1. The van der Waals surface area contributed by atoms with Crippen LogP contribution in [0.2, 0.25) is 0 Å². The van der Waals surface area contributed by atoms with Gasteiger partial charge in [-0.2, -0.15) is 23.4 Å². The molecule has 29 heavy (non-hydrogen) atoms. The molecule has 3 heterocycles. The zero-order chi connectivity index (χ0) is 20.6. The van der Waals surface area contributed by atoms with E-state index in [9.17, 15) is 18.0 Å². The second kappa shape index (κ2) is 7.19. The summed E-state index contributed by atoms with van der Waals surface area (Å²) in [4.78, 5) is 18.0. The molecule has 1 saturated heterocycles. The lowest BCUT2D eigenvalue weighted by molar-refractivity contribution is -0.137. The standard InChI is InChI=1S/C19H17F3N6O/c1-11-7-14-15(3-2-4-16(14)27-26-11)25-18(29)24-13-9-28(10-13)17-8-12(5-6-23-17)19(20,21)22/h2-8,13H,9-10H2,1H3,(H2,24,25,29). The number of benzene rings is 1. The summed E-state index contributed by atoms with van der Waals surface area (Å²) in [6.45, 7) is 2.57. The lowest BCUT2D eigenvalue weighted by Gasteiger charge is -2.40. The van der Waals surface area contributed by atoms with Gasteiger partial charge in [-0.3, -0.25) is 0 Å². The van der Waals surface area contributed by atoms with Crippen LogP contribution in [0.1, 0.15) is 11.3 Å². The van der Waals surface area contributed by atoms with Crippen molar-refractivity contribution < 1.29 is 18.0 Å². The normalized spacial score (nSPS) is 14.6. The molecule has 0 radical (unpaired) electrons. The van der Waals surface area contributed by atoms with Crippen molar-refractivity contribution in [2.24, 2.45) is 0 Å². The Morgan fingerprint density at radius 1 is 1.17 bits per heavy atom. The van der Waals surface area contributed by atoms with E-state index in [-0.39, 0.29) is 11.9 Å². The predicted molar refractivity (Wildman–Crippen MR) is 102 cm³/mol. The van der Waals surface area contributed by atoms with Crippen molar-refractivity contribution in [1.82, 2.24) is 20.5 Å². The quantitative estimate of drug-likeness (QED) is 0.702. The van der Waals surface area contributed by atoms with E-state index >= 15 is 0 Å². The molecule has 4 rings (SSSR count). The summed E-state index contributed by atoms with van der Waals surface area (Å²) < 4.78 is 38.5. The number of hydrogen-bond donors (Lipinski definition) is 2. The summed E-state index contributed by atoms with van der Waals surface area (Å²) in [5.74, 6) is 0.237. The van der Waals surface area contributed by atoms with Gasteiger partial charge in [0.2, 0.25) is 0 Å². The average molecular weight is 402 g/mol. The van der Waals surface area contributed by atoms with Gasteiger partial charge in [-0.05, 0) is 37.3 Å². The van der Waals surface area contributed by atoms with Crippen molar-refractivity contribution in [3.8, 4) is 0 Å². The number of amides is 2. The summed E-state index contributed by atoms with van der Waals surface area (Å²) in [6, 6.07) is 8.53. The number of hydrogen-bond acceptors (Lipinski definition) is 5. The summed E-state index contributed by atoms with van der Waals surface area (Å²) >= 11 is 0. The Labute approximate surface area is 163 Å². The third kappa shape index (κ3) is 4.05. The lowest BCUT2D eigenvalue weighted by Crippen LogP contribution is -2.60. The van der Waals surface area contributed by atoms with Crippen LogP contribution in [0.25, 0.3) is 10.9 Å². The summed E-state index contributed by atoms with van der Waals surface area (Å²) in [6.07, 6.45) is -3.28. The highest BCUT2D eigenvalue weighted by Crippen LogP contribution is 2.31. The lowest BCUT2D eigenvalue weighted by atomic mass is 10.1. The van der Waals surface area contributed by atoms with E-state index in [1.807, 2.05) is 13.0 Å². The molecular formula is C19H17F3N6O. The fourth-order valence-corrected chi connectivity index (χ4v) is 3.14. The van der Waals surface area contributed by atoms with Crippen LogP contribution < -0.4 is 15.5 Å². The van der Waals surface area contributed by atoms with E-state index in [2.05, 4.69) is 25.8 Å². The molecule has 0 bridgehead atoms. The van der Waals surface area contributed by atoms with Crippen LogP contribution >= 0.6 is 0 Å². The zero-order valence-corrected chi connectivity index (χ0v) is 15.4. The Kier molecular flexibility index (Phi) is 4.69. The summed E-state index contributed by atoms with van der Waals surface area (Å²) in [5.41, 5.74) is 1.26. The number of rotatable bonds is 3. The molecule has 0 spiro atoms. The maximum atomic E-state index is 12.8. The molecule has 1 aromatic carbocycles. The van der Waals surface area contributed by atoms with Gasteiger partial charge in [0, 0.05) is 24.7 Å². The minimum Gasteiger partial charge on any atom is -0.352 e. The van der Waals surface area contributed by atoms with Crippen LogP contribution in [0, 0.1) is 6.92 Å². The molecule has 7 nitrogen and oxygen atoms in total. The Morgan fingerprint density at radius 3 is 2.72 bits per heavy atom. The first-order valence-electron chi connectivity index (χ1n) is 8.88. The Balaban J connectivity index is 1.37. The number of halogens is 3. The predicted octanol–water partition coefficient (Wildman–Crippen LogP) is 3.36. The van der Waals surface area contributed by atoms with E-state index in [1.165, 1.54) is 0 Å². The Bertz CT molecular complexity index is 1070. The number of nitrogens with zero attached hydrogens (tertiary/aromatic N) is 4. The molecule has 0 unspecified atom stereocenters. The van der Waals surface area contributed by atoms with Gasteiger partial charge in [0.05, 0.1) is 28.5 Å². The van der Waals surface area contributed by atoms with Crippen LogP contribution in [-0.2, 0) is 6.18 Å². The molecule has 1 aliphatic heterocycles. The molecule has 2 N–H and O–H groups in total. The van der Waals surface area contributed by atoms with Crippen molar-refractivity contribution in [2.45, 2.75) is 19.1 Å². The average Bonchev–Trinajstić information content (AvgIpc) is 2.64. The summed E-state index contributed by atoms with van der Waals surface area (Å²) in [5, 5.41) is 14.5. The second-order valence-corrected chi connectivity index (χ2v) is 6.82. The van der Waals surface area contributed by atoms with Gasteiger partial charge in [-0.25, -0.2) is 9.78 Å². The second-order valence-electron chi connectivity index (χ2n) is 6.82. The maximum Gasteiger partial charge on any atom is 0.416 e. The van der Waals surface area contributed by atoms with Crippen LogP contribution in [0.5, 0.6) is 0 Å². The van der Waals surface area contributed by atoms with Crippen molar-refractivity contribution in [1.29, 1.82) is 0 Å². The number of urea groups is 1. The molecule has 1 aliphatic rings. The molecule has 3 aromatic rings. The van der Waals surface area contributed by atoms with E-state index in [0.717, 1.165) is 29.4 Å². The molecule has 150 valence electrons. The summed E-state index contributed by atoms with van der Waals surface area (Å²) in [7, 11) is 0. The number of carbonyl (C=O) groups excluding carboxylic acids is 1. The van der Waals surface area contributed by atoms with E-state index < -0.39 is 17.8 Å². The molecule has 0 aliphatic carbocycles. The fourth-order valence-electron chi connectivity index (χ4n) is 3.14. The van der Waals surface area contributed by atoms with Crippen molar-refractivity contribution in [3.63, 3.8) is 0 Å². The number of carbonyl (C=O) groups is 1. The van der Waals surface area contributed by atoms with Gasteiger partial charge in [0.25, 0.3) is 0 Å². The SMILES string of the molecule is Cc1cc2c(NC(=O)NC3CN(c4cc(C(F)(F)F)ccn4)C3)cccc2nn1. The first-order valence-corrected chi connectivity index (χ1v) is 8.88. The maximum absolute atomic E-state index is 12.8. The van der Waals surface area contributed by atoms with Crippen LogP contribution in [-0.4, -0.2) is 40.3 Å². The van der Waals surface area contributed by atoms with Gasteiger partial charge in [-0.15, -0.1) is 0 Å². The molecule has 0 atom stereocenters. The smallest absolute Gasteiger partial charge is 0.352 e. The van der Waals surface area contributed by atoms with Gasteiger partial charge < -0.3 is 15.5 Å². The Morgan fingerprint density at radius 2 is 1.97 bits per heavy atom. The Hall–Kier alpha value is -3.43. The molecule has 2 aromatic heterocycles. The highest BCUT2D eigenvalue weighted by molar-refractivity contribution is 6.00. The van der Waals surface area contributed by atoms with Gasteiger partial charge in [0.15, 0.2) is 0 Å². The fraction of sp³-hybridized carbons (Fsp3) is 0.263. The number of alkyl halides is 3. The van der Waals surface area contributed by atoms with Crippen LogP contribution in [0.4, 0.5) is 29.5 Å². The third-order valence-corrected chi connectivity index (χ3v) is 4.61. The van der Waals surface area contributed by atoms with Crippen LogP contribution in [0.3, 0.4) is 0 Å². The number of anilines is 2. The van der Waals surface area contributed by atoms with Crippen molar-refractivity contribution >= 4 is 28.4 Å². The van der Waals surface area contributed by atoms with Gasteiger partial charge in [0.1, 0.15) is 5.82 Å². The number of nitrogens with one attached hydrogen (secondary N) is 2. The molecule has 10 heteroatoms. The van der Waals surface area contributed by atoms with Crippen molar-refractivity contribution in [2.75, 3.05) is 23.3 Å². The molecular weight excluding hydrogens is 385 g/mol. The van der Waals surface area contributed by atoms with Crippen LogP contribution in [0.15, 0.2) is 42.6 Å². The monoisotopic (exact) mass is 402 g/mol. The van der Waals surface area contributed by atoms with Gasteiger partial charge >= 0.3 is 12.2 Å². The number of aryl methyl sites for hydroxylation is 1. The first kappa shape index (κ1) is 18.9. The zero-order valence-electron chi connectivity index (χ0n) is 15.4. The van der Waals surface area contributed by atoms with E-state index in [4.69, 9.17) is 0 Å². The molecule has 1 fully saturated rings.